The van der Waals surface area contributed by atoms with Gasteiger partial charge in [0, 0.05) is 6.54 Å². The van der Waals surface area contributed by atoms with Crippen LogP contribution >= 0.6 is 12.4 Å². The number of benzene rings is 1. The average molecular weight is 259 g/mol. The molecule has 6 heteroatoms. The summed E-state index contributed by atoms with van der Waals surface area (Å²) in [6.45, 7) is 2.78. The number of fused-ring (bicyclic) bond motifs is 1. The van der Waals surface area contributed by atoms with Crippen molar-refractivity contribution in [3.05, 3.63) is 17.7 Å². The van der Waals surface area contributed by atoms with Crippen LogP contribution in [-0.4, -0.2) is 25.4 Å². The normalized spacial score (nSPS) is 10.1. The molecule has 0 radical (unpaired) electrons. The standard InChI is InChI=1S/C11H14N2O3.ClH/c1-7-3-4-8(14-2)9-10(7)16-13-11(9)15-6-5-12;/h3-4H,5-6,12H2,1-2H3;1H. The quantitative estimate of drug-likeness (QED) is 0.907. The summed E-state index contributed by atoms with van der Waals surface area (Å²) >= 11 is 0. The molecule has 2 aromatic rings. The van der Waals surface area contributed by atoms with Crippen molar-refractivity contribution in [3.8, 4) is 11.6 Å². The van der Waals surface area contributed by atoms with Crippen LogP contribution in [0.2, 0.25) is 0 Å². The number of aromatic nitrogens is 1. The van der Waals surface area contributed by atoms with Gasteiger partial charge in [0.2, 0.25) is 0 Å². The fraction of sp³-hybridized carbons (Fsp3) is 0.364. The van der Waals surface area contributed by atoms with Crippen LogP contribution in [0, 0.1) is 6.92 Å². The van der Waals surface area contributed by atoms with Crippen LogP contribution in [0.5, 0.6) is 11.6 Å². The van der Waals surface area contributed by atoms with Crippen molar-refractivity contribution in [2.24, 2.45) is 5.73 Å². The lowest BCUT2D eigenvalue weighted by molar-refractivity contribution is 0.292. The molecule has 0 atom stereocenters. The van der Waals surface area contributed by atoms with E-state index < -0.39 is 0 Å². The molecule has 1 aromatic carbocycles. The minimum Gasteiger partial charge on any atom is -0.496 e. The van der Waals surface area contributed by atoms with E-state index in [4.69, 9.17) is 19.7 Å². The molecule has 5 nitrogen and oxygen atoms in total. The van der Waals surface area contributed by atoms with Gasteiger partial charge in [-0.25, -0.2) is 0 Å². The predicted molar refractivity (Wildman–Crippen MR) is 67.1 cm³/mol. The number of nitrogens with zero attached hydrogens (tertiary/aromatic N) is 1. The zero-order chi connectivity index (χ0) is 11.5. The van der Waals surface area contributed by atoms with Gasteiger partial charge in [0.1, 0.15) is 17.7 Å². The predicted octanol–water partition coefficient (Wildman–Crippen LogP) is 1.90. The fourth-order valence-corrected chi connectivity index (χ4v) is 1.55. The van der Waals surface area contributed by atoms with E-state index in [0.29, 0.717) is 30.4 Å². The van der Waals surface area contributed by atoms with Crippen LogP contribution in [0.4, 0.5) is 0 Å². The Bertz CT molecular complexity index is 499. The van der Waals surface area contributed by atoms with E-state index in [0.717, 1.165) is 10.9 Å². The second-order valence-corrected chi connectivity index (χ2v) is 3.41. The summed E-state index contributed by atoms with van der Waals surface area (Å²) in [4.78, 5) is 0. The van der Waals surface area contributed by atoms with Crippen LogP contribution < -0.4 is 15.2 Å². The Morgan fingerprint density at radius 3 is 2.82 bits per heavy atom. The van der Waals surface area contributed by atoms with E-state index in [2.05, 4.69) is 5.16 Å². The number of hydrogen-bond donors (Lipinski definition) is 1. The minimum atomic E-state index is 0. The van der Waals surface area contributed by atoms with E-state index in [1.54, 1.807) is 7.11 Å². The largest absolute Gasteiger partial charge is 0.496 e. The van der Waals surface area contributed by atoms with Gasteiger partial charge in [-0.2, -0.15) is 0 Å². The lowest BCUT2D eigenvalue weighted by Gasteiger charge is -2.04. The van der Waals surface area contributed by atoms with Gasteiger partial charge < -0.3 is 19.7 Å². The molecule has 1 heterocycles. The van der Waals surface area contributed by atoms with Gasteiger partial charge in [-0.1, -0.05) is 6.07 Å². The molecule has 0 aliphatic carbocycles. The van der Waals surface area contributed by atoms with Crippen molar-refractivity contribution in [2.45, 2.75) is 6.92 Å². The number of rotatable bonds is 4. The molecule has 0 aliphatic heterocycles. The molecule has 0 spiro atoms. The number of nitrogens with two attached hydrogens (primary N) is 1. The smallest absolute Gasteiger partial charge is 0.265 e. The number of methoxy groups -OCH3 is 1. The molecular formula is C11H15ClN2O3. The van der Waals surface area contributed by atoms with Crippen molar-refractivity contribution in [2.75, 3.05) is 20.3 Å². The van der Waals surface area contributed by atoms with Gasteiger partial charge in [-0.3, -0.25) is 0 Å². The minimum absolute atomic E-state index is 0. The Labute approximate surface area is 105 Å². The first-order valence-corrected chi connectivity index (χ1v) is 5.03. The van der Waals surface area contributed by atoms with Gasteiger partial charge in [-0.15, -0.1) is 12.4 Å². The summed E-state index contributed by atoms with van der Waals surface area (Å²) in [5.74, 6) is 1.12. The highest BCUT2D eigenvalue weighted by Crippen LogP contribution is 2.35. The maximum absolute atomic E-state index is 5.40. The van der Waals surface area contributed by atoms with Crippen LogP contribution in [0.3, 0.4) is 0 Å². The van der Waals surface area contributed by atoms with E-state index in [1.165, 1.54) is 0 Å². The lowest BCUT2D eigenvalue weighted by atomic mass is 10.1. The van der Waals surface area contributed by atoms with Crippen LogP contribution in [0.1, 0.15) is 5.56 Å². The van der Waals surface area contributed by atoms with Crippen LogP contribution in [0.25, 0.3) is 11.0 Å². The lowest BCUT2D eigenvalue weighted by Crippen LogP contribution is -2.10. The molecule has 1 aromatic heterocycles. The summed E-state index contributed by atoms with van der Waals surface area (Å²) in [6.07, 6.45) is 0. The summed E-state index contributed by atoms with van der Waals surface area (Å²) in [6, 6.07) is 3.78. The highest BCUT2D eigenvalue weighted by atomic mass is 35.5. The Morgan fingerprint density at radius 2 is 2.18 bits per heavy atom. The summed E-state index contributed by atoms with van der Waals surface area (Å²) < 4.78 is 15.9. The summed E-state index contributed by atoms with van der Waals surface area (Å²) in [7, 11) is 1.60. The van der Waals surface area contributed by atoms with Gasteiger partial charge in [0.05, 0.1) is 7.11 Å². The Balaban J connectivity index is 0.00000144. The van der Waals surface area contributed by atoms with Crippen molar-refractivity contribution in [1.29, 1.82) is 0 Å². The third kappa shape index (κ3) is 2.45. The van der Waals surface area contributed by atoms with Gasteiger partial charge >= 0.3 is 0 Å². The van der Waals surface area contributed by atoms with E-state index >= 15 is 0 Å². The first-order valence-electron chi connectivity index (χ1n) is 5.03. The SMILES string of the molecule is COc1ccc(C)c2onc(OCCN)c12.Cl. The van der Waals surface area contributed by atoms with E-state index in [-0.39, 0.29) is 12.4 Å². The highest BCUT2D eigenvalue weighted by molar-refractivity contribution is 5.90. The number of aryl methyl sites for hydroxylation is 1. The second-order valence-electron chi connectivity index (χ2n) is 3.41. The van der Waals surface area contributed by atoms with Gasteiger partial charge in [0.15, 0.2) is 5.58 Å². The first kappa shape index (κ1) is 13.6. The molecule has 0 fully saturated rings. The van der Waals surface area contributed by atoms with E-state index in [1.807, 2.05) is 19.1 Å². The molecule has 0 bridgehead atoms. The molecule has 2 rings (SSSR count). The van der Waals surface area contributed by atoms with E-state index in [9.17, 15) is 0 Å². The maximum atomic E-state index is 5.40. The molecule has 94 valence electrons. The van der Waals surface area contributed by atoms with Crippen molar-refractivity contribution >= 4 is 23.4 Å². The highest BCUT2D eigenvalue weighted by Gasteiger charge is 2.16. The molecule has 17 heavy (non-hydrogen) atoms. The molecular weight excluding hydrogens is 244 g/mol. The Kier molecular flexibility index (Phi) is 4.60. The van der Waals surface area contributed by atoms with Gasteiger partial charge in [0.25, 0.3) is 5.88 Å². The Hall–Kier alpha value is -1.46. The maximum Gasteiger partial charge on any atom is 0.265 e. The average Bonchev–Trinajstić information content (AvgIpc) is 2.72. The third-order valence-corrected chi connectivity index (χ3v) is 2.33. The first-order chi connectivity index (χ1) is 7.77. The Morgan fingerprint density at radius 1 is 1.41 bits per heavy atom. The van der Waals surface area contributed by atoms with Crippen molar-refractivity contribution in [1.82, 2.24) is 5.16 Å². The molecule has 0 unspecified atom stereocenters. The molecule has 2 N–H and O–H groups in total. The zero-order valence-corrected chi connectivity index (χ0v) is 10.5. The van der Waals surface area contributed by atoms with Crippen LogP contribution in [-0.2, 0) is 0 Å². The van der Waals surface area contributed by atoms with Crippen molar-refractivity contribution < 1.29 is 14.0 Å². The number of ether oxygens (including phenoxy) is 2. The number of hydrogen-bond acceptors (Lipinski definition) is 5. The molecule has 0 saturated carbocycles. The fourth-order valence-electron chi connectivity index (χ4n) is 1.55. The third-order valence-electron chi connectivity index (χ3n) is 2.33. The van der Waals surface area contributed by atoms with Crippen molar-refractivity contribution in [3.63, 3.8) is 0 Å². The summed E-state index contributed by atoms with van der Waals surface area (Å²) in [5, 5.41) is 4.63. The van der Waals surface area contributed by atoms with Gasteiger partial charge in [-0.05, 0) is 23.7 Å². The van der Waals surface area contributed by atoms with Crippen LogP contribution in [0.15, 0.2) is 16.7 Å². The molecule has 0 saturated heterocycles. The monoisotopic (exact) mass is 258 g/mol. The summed E-state index contributed by atoms with van der Waals surface area (Å²) in [5.41, 5.74) is 7.05. The zero-order valence-electron chi connectivity index (χ0n) is 9.73. The number of halogens is 1. The second kappa shape index (κ2) is 5.75. The molecule has 0 amide bonds. The topological polar surface area (TPSA) is 70.5 Å². The molecule has 0 aliphatic rings.